The summed E-state index contributed by atoms with van der Waals surface area (Å²) in [6.45, 7) is 2.80. The van der Waals surface area contributed by atoms with Crippen LogP contribution >= 0.6 is 34.8 Å². The maximum Gasteiger partial charge on any atom is 0.0891 e. The Morgan fingerprint density at radius 1 is 0.929 bits per heavy atom. The fourth-order valence-electron chi connectivity index (χ4n) is 3.55. The molecule has 6 heteroatoms. The SMILES string of the molecule is Cc1c(Cl)cccc1NC[C@H](O)Cn1c2ccc(Cl)cc2c2cc(Cl)ccc21. The van der Waals surface area contributed by atoms with E-state index in [4.69, 9.17) is 34.8 Å². The molecule has 0 aliphatic rings. The van der Waals surface area contributed by atoms with Crippen molar-refractivity contribution in [2.75, 3.05) is 11.9 Å². The van der Waals surface area contributed by atoms with E-state index < -0.39 is 6.10 Å². The van der Waals surface area contributed by atoms with Gasteiger partial charge < -0.3 is 15.0 Å². The molecule has 1 atom stereocenters. The molecule has 2 N–H and O–H groups in total. The number of hydrogen-bond donors (Lipinski definition) is 2. The quantitative estimate of drug-likeness (QED) is 0.375. The summed E-state index contributed by atoms with van der Waals surface area (Å²) in [6, 6.07) is 17.3. The number of nitrogens with one attached hydrogen (secondary N) is 1. The van der Waals surface area contributed by atoms with Crippen LogP contribution in [0.1, 0.15) is 5.56 Å². The number of hydrogen-bond acceptors (Lipinski definition) is 2. The summed E-state index contributed by atoms with van der Waals surface area (Å²) in [5.41, 5.74) is 3.92. The van der Waals surface area contributed by atoms with Gasteiger partial charge >= 0.3 is 0 Å². The van der Waals surface area contributed by atoms with Crippen LogP contribution < -0.4 is 5.32 Å². The molecular weight excluding hydrogens is 415 g/mol. The number of nitrogens with zero attached hydrogens (tertiary/aromatic N) is 1. The molecule has 0 spiro atoms. The molecule has 4 rings (SSSR count). The Balaban J connectivity index is 1.64. The van der Waals surface area contributed by atoms with E-state index in [0.29, 0.717) is 28.2 Å². The standard InChI is InChI=1S/C22H19Cl3N2O/c1-13-19(25)3-2-4-20(13)26-11-16(28)12-27-21-7-5-14(23)9-17(21)18-10-15(24)6-8-22(18)27/h2-10,16,26,28H,11-12H2,1H3/t16-/m0/s1. The van der Waals surface area contributed by atoms with Gasteiger partial charge in [-0.2, -0.15) is 0 Å². The topological polar surface area (TPSA) is 37.2 Å². The molecule has 0 aliphatic carbocycles. The van der Waals surface area contributed by atoms with Gasteiger partial charge in [0.25, 0.3) is 0 Å². The van der Waals surface area contributed by atoms with Crippen molar-refractivity contribution < 1.29 is 5.11 Å². The highest BCUT2D eigenvalue weighted by atomic mass is 35.5. The van der Waals surface area contributed by atoms with Crippen LogP contribution in [0, 0.1) is 6.92 Å². The van der Waals surface area contributed by atoms with Gasteiger partial charge in [0.2, 0.25) is 0 Å². The van der Waals surface area contributed by atoms with Gasteiger partial charge in [-0.1, -0.05) is 40.9 Å². The zero-order chi connectivity index (χ0) is 19.8. The molecule has 0 amide bonds. The molecule has 0 bridgehead atoms. The van der Waals surface area contributed by atoms with Crippen molar-refractivity contribution in [2.45, 2.75) is 19.6 Å². The van der Waals surface area contributed by atoms with Crippen LogP contribution in [0.15, 0.2) is 54.6 Å². The third-order valence-electron chi connectivity index (χ3n) is 4.98. The number of rotatable bonds is 5. The highest BCUT2D eigenvalue weighted by Crippen LogP contribution is 2.33. The third kappa shape index (κ3) is 3.68. The Labute approximate surface area is 178 Å². The van der Waals surface area contributed by atoms with Crippen molar-refractivity contribution in [3.8, 4) is 0 Å². The maximum atomic E-state index is 10.7. The lowest BCUT2D eigenvalue weighted by Gasteiger charge is -2.17. The molecule has 0 unspecified atom stereocenters. The highest BCUT2D eigenvalue weighted by molar-refractivity contribution is 6.33. The van der Waals surface area contributed by atoms with Crippen molar-refractivity contribution in [3.05, 3.63) is 75.2 Å². The van der Waals surface area contributed by atoms with Crippen LogP contribution in [-0.2, 0) is 6.54 Å². The second-order valence-corrected chi connectivity index (χ2v) is 8.16. The van der Waals surface area contributed by atoms with E-state index in [2.05, 4.69) is 9.88 Å². The predicted molar refractivity (Wildman–Crippen MR) is 120 cm³/mol. The number of aromatic nitrogens is 1. The second-order valence-electron chi connectivity index (χ2n) is 6.88. The average Bonchev–Trinajstić information content (AvgIpc) is 2.95. The molecule has 144 valence electrons. The number of halogens is 3. The molecule has 3 aromatic carbocycles. The Bertz CT molecular complexity index is 1110. The predicted octanol–water partition coefficient (Wildman–Crippen LogP) is 6.54. The minimum atomic E-state index is -0.594. The van der Waals surface area contributed by atoms with E-state index in [0.717, 1.165) is 33.1 Å². The van der Waals surface area contributed by atoms with Gasteiger partial charge in [-0.3, -0.25) is 0 Å². The highest BCUT2D eigenvalue weighted by Gasteiger charge is 2.15. The summed E-state index contributed by atoms with van der Waals surface area (Å²) in [5, 5.41) is 18.1. The summed E-state index contributed by atoms with van der Waals surface area (Å²) < 4.78 is 2.11. The van der Waals surface area contributed by atoms with Gasteiger partial charge in [-0.05, 0) is 61.0 Å². The Hall–Kier alpha value is -1.91. The lowest BCUT2D eigenvalue weighted by Crippen LogP contribution is -2.25. The molecule has 1 heterocycles. The molecule has 0 fully saturated rings. The lowest BCUT2D eigenvalue weighted by atomic mass is 10.1. The molecule has 1 aromatic heterocycles. The van der Waals surface area contributed by atoms with Crippen molar-refractivity contribution in [2.24, 2.45) is 0 Å². The van der Waals surface area contributed by atoms with Crippen molar-refractivity contribution in [1.82, 2.24) is 4.57 Å². The van der Waals surface area contributed by atoms with Crippen LogP contribution in [-0.4, -0.2) is 22.3 Å². The summed E-state index contributed by atoms with van der Waals surface area (Å²) in [6.07, 6.45) is -0.594. The zero-order valence-electron chi connectivity index (χ0n) is 15.2. The van der Waals surface area contributed by atoms with Gasteiger partial charge in [0.05, 0.1) is 12.6 Å². The second kappa shape index (κ2) is 7.84. The minimum absolute atomic E-state index is 0.406. The molecule has 4 aromatic rings. The van der Waals surface area contributed by atoms with Gasteiger partial charge in [-0.25, -0.2) is 0 Å². The first kappa shape index (κ1) is 19.4. The van der Waals surface area contributed by atoms with Crippen molar-refractivity contribution >= 4 is 62.3 Å². The van der Waals surface area contributed by atoms with Gasteiger partial charge in [-0.15, -0.1) is 0 Å². The number of benzene rings is 3. The summed E-state index contributed by atoms with van der Waals surface area (Å²) >= 11 is 18.6. The summed E-state index contributed by atoms with van der Waals surface area (Å²) in [4.78, 5) is 0. The number of aliphatic hydroxyl groups excluding tert-OH is 1. The van der Waals surface area contributed by atoms with E-state index in [1.54, 1.807) is 0 Å². The molecule has 0 aliphatic heterocycles. The molecule has 3 nitrogen and oxygen atoms in total. The van der Waals surface area contributed by atoms with Crippen LogP contribution in [0.3, 0.4) is 0 Å². The van der Waals surface area contributed by atoms with Crippen LogP contribution in [0.5, 0.6) is 0 Å². The third-order valence-corrected chi connectivity index (χ3v) is 5.86. The average molecular weight is 434 g/mol. The number of fused-ring (bicyclic) bond motifs is 3. The maximum absolute atomic E-state index is 10.7. The first-order chi connectivity index (χ1) is 13.4. The van der Waals surface area contributed by atoms with E-state index in [9.17, 15) is 5.11 Å². The monoisotopic (exact) mass is 432 g/mol. The van der Waals surface area contributed by atoms with Gasteiger partial charge in [0, 0.05) is 49.1 Å². The van der Waals surface area contributed by atoms with Crippen molar-refractivity contribution in [1.29, 1.82) is 0 Å². The Kier molecular flexibility index (Phi) is 5.44. The summed E-state index contributed by atoms with van der Waals surface area (Å²) in [7, 11) is 0. The fraction of sp³-hybridized carbons (Fsp3) is 0.182. The lowest BCUT2D eigenvalue weighted by molar-refractivity contribution is 0.169. The van der Waals surface area contributed by atoms with Gasteiger partial charge in [0.15, 0.2) is 0 Å². The largest absolute Gasteiger partial charge is 0.389 e. The molecule has 0 saturated carbocycles. The first-order valence-electron chi connectivity index (χ1n) is 8.98. The number of aliphatic hydroxyl groups is 1. The first-order valence-corrected chi connectivity index (χ1v) is 10.1. The smallest absolute Gasteiger partial charge is 0.0891 e. The number of anilines is 1. The molecule has 0 radical (unpaired) electrons. The van der Waals surface area contributed by atoms with E-state index >= 15 is 0 Å². The summed E-state index contributed by atoms with van der Waals surface area (Å²) in [5.74, 6) is 0. The normalized spacial score (nSPS) is 12.6. The van der Waals surface area contributed by atoms with E-state index in [1.165, 1.54) is 0 Å². The molecule has 28 heavy (non-hydrogen) atoms. The van der Waals surface area contributed by atoms with Crippen LogP contribution in [0.25, 0.3) is 21.8 Å². The zero-order valence-corrected chi connectivity index (χ0v) is 17.5. The van der Waals surface area contributed by atoms with Crippen molar-refractivity contribution in [3.63, 3.8) is 0 Å². The fourth-order valence-corrected chi connectivity index (χ4v) is 4.07. The van der Waals surface area contributed by atoms with Crippen LogP contribution in [0.4, 0.5) is 5.69 Å². The minimum Gasteiger partial charge on any atom is -0.389 e. The van der Waals surface area contributed by atoms with E-state index in [1.807, 2.05) is 61.5 Å². The van der Waals surface area contributed by atoms with Gasteiger partial charge in [0.1, 0.15) is 0 Å². The Morgan fingerprint density at radius 3 is 2.14 bits per heavy atom. The van der Waals surface area contributed by atoms with Crippen LogP contribution in [0.2, 0.25) is 15.1 Å². The Morgan fingerprint density at radius 2 is 1.54 bits per heavy atom. The molecule has 0 saturated heterocycles. The van der Waals surface area contributed by atoms with E-state index in [-0.39, 0.29) is 0 Å². The molecular formula is C22H19Cl3N2O.